The second-order valence-corrected chi connectivity index (χ2v) is 6.36. The molecule has 1 amide bonds. The van der Waals surface area contributed by atoms with E-state index in [9.17, 15) is 9.59 Å². The van der Waals surface area contributed by atoms with Crippen LogP contribution >= 0.6 is 11.8 Å². The molecule has 0 aliphatic rings. The highest BCUT2D eigenvalue weighted by Gasteiger charge is 2.21. The number of benzene rings is 1. The Balaban J connectivity index is 2.94. The first kappa shape index (κ1) is 20.5. The van der Waals surface area contributed by atoms with Gasteiger partial charge in [0.25, 0.3) is 0 Å². The topological polar surface area (TPSA) is 92.9 Å². The molecule has 0 bridgehead atoms. The van der Waals surface area contributed by atoms with Crippen LogP contribution in [0, 0.1) is 0 Å². The highest BCUT2D eigenvalue weighted by Crippen LogP contribution is 2.27. The third-order valence-electron chi connectivity index (χ3n) is 3.63. The average Bonchev–Trinajstić information content (AvgIpc) is 2.58. The van der Waals surface area contributed by atoms with Crippen molar-refractivity contribution >= 4 is 29.3 Å². The van der Waals surface area contributed by atoms with Crippen LogP contribution in [0.5, 0.6) is 0 Å². The van der Waals surface area contributed by atoms with Crippen molar-refractivity contribution < 1.29 is 19.4 Å². The van der Waals surface area contributed by atoms with E-state index in [1.54, 1.807) is 12.0 Å². The number of aryl methyl sites for hydroxylation is 2. The second-order valence-electron chi connectivity index (χ2n) is 5.33. The van der Waals surface area contributed by atoms with E-state index in [-0.39, 0.29) is 24.1 Å². The standard InChI is InChI=1S/C17H26N2O4S/c1-4-12-7-6-8-13(5-2)16(12)19(11-23-3)15(20)10-24-9-14(18)17(21)22/h6-8,14H,4-5,9-11,18H2,1-3H3,(H,21,22)/t14-/m0/s1. The fourth-order valence-electron chi connectivity index (χ4n) is 2.37. The Hall–Kier alpha value is -1.57. The zero-order valence-electron chi connectivity index (χ0n) is 14.4. The highest BCUT2D eigenvalue weighted by atomic mass is 32.2. The smallest absolute Gasteiger partial charge is 0.321 e. The van der Waals surface area contributed by atoms with Crippen molar-refractivity contribution in [2.75, 3.05) is 30.2 Å². The molecular formula is C17H26N2O4S. The molecule has 1 aromatic carbocycles. The predicted molar refractivity (Wildman–Crippen MR) is 97.5 cm³/mol. The SMILES string of the molecule is CCc1cccc(CC)c1N(COC)C(=O)CSC[C@H](N)C(=O)O. The number of rotatable bonds is 10. The summed E-state index contributed by atoms with van der Waals surface area (Å²) in [5.74, 6) is -0.827. The van der Waals surface area contributed by atoms with E-state index >= 15 is 0 Å². The van der Waals surface area contributed by atoms with Gasteiger partial charge in [0.1, 0.15) is 12.8 Å². The number of carbonyl (C=O) groups excluding carboxylic acids is 1. The largest absolute Gasteiger partial charge is 0.480 e. The van der Waals surface area contributed by atoms with Gasteiger partial charge in [-0.2, -0.15) is 0 Å². The average molecular weight is 354 g/mol. The molecule has 134 valence electrons. The van der Waals surface area contributed by atoms with Crippen molar-refractivity contribution in [2.24, 2.45) is 5.73 Å². The third-order valence-corrected chi connectivity index (χ3v) is 4.68. The van der Waals surface area contributed by atoms with Crippen LogP contribution in [-0.2, 0) is 27.2 Å². The number of carboxylic acids is 1. The van der Waals surface area contributed by atoms with Gasteiger partial charge in [-0.05, 0) is 24.0 Å². The lowest BCUT2D eigenvalue weighted by molar-refractivity contribution is -0.137. The number of para-hydroxylation sites is 1. The number of hydrogen-bond acceptors (Lipinski definition) is 5. The molecule has 7 heteroatoms. The summed E-state index contributed by atoms with van der Waals surface area (Å²) in [5.41, 5.74) is 8.55. The Morgan fingerprint density at radius 1 is 1.29 bits per heavy atom. The number of carboxylic acid groups (broad SMARTS) is 1. The molecule has 0 radical (unpaired) electrons. The Morgan fingerprint density at radius 2 is 1.88 bits per heavy atom. The third kappa shape index (κ3) is 5.51. The summed E-state index contributed by atoms with van der Waals surface area (Å²) in [6.07, 6.45) is 1.63. The number of carbonyl (C=O) groups is 2. The fraction of sp³-hybridized carbons (Fsp3) is 0.529. The molecule has 0 unspecified atom stereocenters. The summed E-state index contributed by atoms with van der Waals surface area (Å²) in [7, 11) is 1.55. The number of aliphatic carboxylic acids is 1. The van der Waals surface area contributed by atoms with Crippen molar-refractivity contribution in [1.82, 2.24) is 0 Å². The minimum Gasteiger partial charge on any atom is -0.480 e. The van der Waals surface area contributed by atoms with Crippen LogP contribution in [0.1, 0.15) is 25.0 Å². The van der Waals surface area contributed by atoms with Crippen LogP contribution in [0.15, 0.2) is 18.2 Å². The van der Waals surface area contributed by atoms with E-state index in [1.807, 2.05) is 32.0 Å². The molecule has 6 nitrogen and oxygen atoms in total. The van der Waals surface area contributed by atoms with Crippen molar-refractivity contribution in [3.63, 3.8) is 0 Å². The first-order valence-corrected chi connectivity index (χ1v) is 9.07. The van der Waals surface area contributed by atoms with Gasteiger partial charge in [-0.3, -0.25) is 14.5 Å². The number of amides is 1. The zero-order valence-corrected chi connectivity index (χ0v) is 15.3. The van der Waals surface area contributed by atoms with Crippen molar-refractivity contribution in [2.45, 2.75) is 32.7 Å². The van der Waals surface area contributed by atoms with Gasteiger partial charge in [0, 0.05) is 12.9 Å². The predicted octanol–water partition coefficient (Wildman–Crippen LogP) is 1.89. The number of anilines is 1. The maximum Gasteiger partial charge on any atom is 0.321 e. The minimum absolute atomic E-state index is 0.116. The van der Waals surface area contributed by atoms with Gasteiger partial charge in [0.2, 0.25) is 5.91 Å². The van der Waals surface area contributed by atoms with E-state index in [0.29, 0.717) is 0 Å². The molecule has 0 saturated carbocycles. The molecule has 1 aromatic rings. The normalized spacial score (nSPS) is 12.0. The quantitative estimate of drug-likeness (QED) is 0.623. The second kappa shape index (κ2) is 10.3. The Kier molecular flexibility index (Phi) is 8.81. The molecule has 3 N–H and O–H groups in total. The van der Waals surface area contributed by atoms with E-state index in [2.05, 4.69) is 0 Å². The van der Waals surface area contributed by atoms with Crippen molar-refractivity contribution in [3.05, 3.63) is 29.3 Å². The first-order chi connectivity index (χ1) is 11.5. The molecular weight excluding hydrogens is 328 g/mol. The molecule has 0 aliphatic heterocycles. The van der Waals surface area contributed by atoms with Crippen LogP contribution < -0.4 is 10.6 Å². The summed E-state index contributed by atoms with van der Waals surface area (Å²) >= 11 is 1.22. The summed E-state index contributed by atoms with van der Waals surface area (Å²) in [6.45, 7) is 4.26. The number of methoxy groups -OCH3 is 1. The lowest BCUT2D eigenvalue weighted by Gasteiger charge is -2.27. The Morgan fingerprint density at radius 3 is 2.33 bits per heavy atom. The first-order valence-electron chi connectivity index (χ1n) is 7.92. The molecule has 0 spiro atoms. The Bertz CT molecular complexity index is 543. The maximum atomic E-state index is 12.7. The van der Waals surface area contributed by atoms with Crippen LogP contribution in [0.4, 0.5) is 5.69 Å². The molecule has 0 aromatic heterocycles. The van der Waals surface area contributed by atoms with Gasteiger partial charge in [0.15, 0.2) is 0 Å². The van der Waals surface area contributed by atoms with Crippen molar-refractivity contribution in [3.8, 4) is 0 Å². The molecule has 0 heterocycles. The molecule has 24 heavy (non-hydrogen) atoms. The Labute approximate surface area is 147 Å². The summed E-state index contributed by atoms with van der Waals surface area (Å²) in [6, 6.07) is 5.06. The van der Waals surface area contributed by atoms with E-state index < -0.39 is 12.0 Å². The molecule has 1 rings (SSSR count). The summed E-state index contributed by atoms with van der Waals surface area (Å²) in [4.78, 5) is 25.0. The lowest BCUT2D eigenvalue weighted by atomic mass is 10.0. The monoisotopic (exact) mass is 354 g/mol. The van der Waals surface area contributed by atoms with Gasteiger partial charge >= 0.3 is 5.97 Å². The van der Waals surface area contributed by atoms with Crippen LogP contribution in [0.25, 0.3) is 0 Å². The highest BCUT2D eigenvalue weighted by molar-refractivity contribution is 8.00. The minimum atomic E-state index is -1.06. The van der Waals surface area contributed by atoms with Crippen LogP contribution in [-0.4, -0.2) is 48.4 Å². The molecule has 0 saturated heterocycles. The lowest BCUT2D eigenvalue weighted by Crippen LogP contribution is -2.37. The van der Waals surface area contributed by atoms with Gasteiger partial charge in [-0.25, -0.2) is 0 Å². The molecule has 0 aliphatic carbocycles. The van der Waals surface area contributed by atoms with E-state index in [1.165, 1.54) is 11.8 Å². The summed E-state index contributed by atoms with van der Waals surface area (Å²) < 4.78 is 5.22. The number of thioether (sulfide) groups is 1. The number of hydrogen-bond donors (Lipinski definition) is 2. The summed E-state index contributed by atoms with van der Waals surface area (Å²) in [5, 5.41) is 8.80. The van der Waals surface area contributed by atoms with Gasteiger partial charge in [-0.15, -0.1) is 11.8 Å². The zero-order chi connectivity index (χ0) is 18.1. The fourth-order valence-corrected chi connectivity index (χ4v) is 3.22. The molecule has 1 atom stereocenters. The van der Waals surface area contributed by atoms with Gasteiger partial charge in [-0.1, -0.05) is 32.0 Å². The van der Waals surface area contributed by atoms with Gasteiger partial charge < -0.3 is 15.6 Å². The molecule has 0 fully saturated rings. The van der Waals surface area contributed by atoms with E-state index in [4.69, 9.17) is 15.6 Å². The van der Waals surface area contributed by atoms with Crippen LogP contribution in [0.3, 0.4) is 0 Å². The number of ether oxygens (including phenoxy) is 1. The van der Waals surface area contributed by atoms with Crippen LogP contribution in [0.2, 0.25) is 0 Å². The number of nitrogens with two attached hydrogens (primary N) is 1. The van der Waals surface area contributed by atoms with Crippen molar-refractivity contribution in [1.29, 1.82) is 0 Å². The van der Waals surface area contributed by atoms with E-state index in [0.717, 1.165) is 29.7 Å². The van der Waals surface area contributed by atoms with Gasteiger partial charge in [0.05, 0.1) is 11.4 Å². The maximum absolute atomic E-state index is 12.7. The number of nitrogens with zero attached hydrogens (tertiary/aromatic N) is 1.